The Bertz CT molecular complexity index is 1060. The fraction of sp³-hybridized carbons (Fsp3) is 0.438. The number of hydrogen-bond donors (Lipinski definition) is 1. The van der Waals surface area contributed by atoms with E-state index in [-0.39, 0.29) is 21.1 Å². The van der Waals surface area contributed by atoms with Crippen molar-refractivity contribution in [2.75, 3.05) is 6.50 Å². The van der Waals surface area contributed by atoms with Crippen LogP contribution in [0.1, 0.15) is 29.1 Å². The highest BCUT2D eigenvalue weighted by molar-refractivity contribution is 5.76. The maximum Gasteiger partial charge on any atom is 0.451 e. The van der Waals surface area contributed by atoms with Gasteiger partial charge in [0.25, 0.3) is 0 Å². The average Bonchev–Trinajstić information content (AvgIpc) is 3.02. The summed E-state index contributed by atoms with van der Waals surface area (Å²) in [5.74, 6) is -7.75. The van der Waals surface area contributed by atoms with E-state index in [1.54, 1.807) is 0 Å². The summed E-state index contributed by atoms with van der Waals surface area (Å²) < 4.78 is 112. The molecule has 3 rings (SSSR count). The first-order valence-corrected chi connectivity index (χ1v) is 7.78. The van der Waals surface area contributed by atoms with Crippen molar-refractivity contribution in [2.24, 2.45) is 5.73 Å². The molecule has 0 bridgehead atoms. The predicted molar refractivity (Wildman–Crippen MR) is 83.1 cm³/mol. The van der Waals surface area contributed by atoms with Gasteiger partial charge in [-0.25, -0.2) is 13.2 Å². The molecule has 1 aliphatic heterocycles. The molecule has 28 heavy (non-hydrogen) atoms. The highest BCUT2D eigenvalue weighted by Gasteiger charge is 2.39. The summed E-state index contributed by atoms with van der Waals surface area (Å²) in [5.41, 5.74) is 5.37. The van der Waals surface area contributed by atoms with E-state index >= 15 is 0 Å². The van der Waals surface area contributed by atoms with E-state index in [0.29, 0.717) is 6.07 Å². The minimum Gasteiger partial charge on any atom is -0.333 e. The Hall–Kier alpha value is -2.63. The van der Waals surface area contributed by atoms with E-state index in [2.05, 4.69) is 10.2 Å². The van der Waals surface area contributed by atoms with E-state index < -0.39 is 79.6 Å². The molecule has 0 saturated heterocycles. The second kappa shape index (κ2) is 7.41. The van der Waals surface area contributed by atoms with Crippen LogP contribution in [-0.4, -0.2) is 38.1 Å². The fourth-order valence-electron chi connectivity index (χ4n) is 2.57. The van der Waals surface area contributed by atoms with Crippen molar-refractivity contribution in [1.82, 2.24) is 19.7 Å². The molecule has 6 nitrogen and oxygen atoms in total. The molecule has 2 heterocycles. The minimum absolute atomic E-state index is 0.0611. The van der Waals surface area contributed by atoms with Gasteiger partial charge in [-0.1, -0.05) is 0 Å². The lowest BCUT2D eigenvalue weighted by atomic mass is 10.0. The van der Waals surface area contributed by atoms with E-state index in [1.807, 2.05) is 0 Å². The smallest absolute Gasteiger partial charge is 0.333 e. The molecule has 0 radical (unpaired) electrons. The second-order valence-electron chi connectivity index (χ2n) is 5.96. The van der Waals surface area contributed by atoms with Crippen LogP contribution in [0.4, 0.5) is 26.3 Å². The summed E-state index contributed by atoms with van der Waals surface area (Å²) in [7, 11) is 0. The minimum atomic E-state index is -5.04. The number of alkyl halides is 3. The molecule has 12 heteroatoms. The number of nitrogens with two attached hydrogens (primary N) is 1. The van der Waals surface area contributed by atoms with Gasteiger partial charge in [-0.3, -0.25) is 4.79 Å². The molecule has 0 spiro atoms. The van der Waals surface area contributed by atoms with E-state index in [0.717, 1.165) is 0 Å². The largest absolute Gasteiger partial charge is 0.451 e. The number of aromatic nitrogens is 3. The van der Waals surface area contributed by atoms with E-state index in [4.69, 9.17) is 11.2 Å². The summed E-state index contributed by atoms with van der Waals surface area (Å²) in [6, 6.07) is -0.458. The quantitative estimate of drug-likeness (QED) is 0.617. The van der Waals surface area contributed by atoms with Gasteiger partial charge in [-0.05, 0) is 18.1 Å². The Morgan fingerprint density at radius 1 is 1.21 bits per heavy atom. The van der Waals surface area contributed by atoms with Crippen molar-refractivity contribution in [3.8, 4) is 0 Å². The van der Waals surface area contributed by atoms with Gasteiger partial charge in [0.1, 0.15) is 5.82 Å². The summed E-state index contributed by atoms with van der Waals surface area (Å²) in [5, 5.41) is 6.03. The number of benzene rings is 1. The van der Waals surface area contributed by atoms with Gasteiger partial charge < -0.3 is 15.2 Å². The SMILES string of the molecule is [2H]C1([2H])Cn2c(C(F)(F)F)nnc2C([2H])([2H])N1C(=O)C[C@@H](N)Cc1cc(F)c(F)cc1F. The van der Waals surface area contributed by atoms with Gasteiger partial charge >= 0.3 is 6.18 Å². The number of amides is 1. The van der Waals surface area contributed by atoms with Crippen LogP contribution >= 0.6 is 0 Å². The molecule has 1 aromatic carbocycles. The van der Waals surface area contributed by atoms with Crippen LogP contribution in [0, 0.1) is 17.5 Å². The van der Waals surface area contributed by atoms with Gasteiger partial charge in [0.15, 0.2) is 17.5 Å². The standard InChI is InChI=1S/C16H15F6N5O/c17-10-6-12(19)11(18)4-8(10)3-9(23)5-14(28)26-1-2-27-13(7-26)24-25-15(27)16(20,21)22/h4,6,9H,1-3,5,7,23H2/t9-/m0/s1/i1D2,7D2. The number of rotatable bonds is 4. The van der Waals surface area contributed by atoms with Crippen molar-refractivity contribution < 1.29 is 36.6 Å². The molecular weight excluding hydrogens is 392 g/mol. The zero-order valence-corrected chi connectivity index (χ0v) is 13.9. The van der Waals surface area contributed by atoms with Gasteiger partial charge in [-0.15, -0.1) is 10.2 Å². The van der Waals surface area contributed by atoms with Crippen LogP contribution < -0.4 is 5.73 Å². The monoisotopic (exact) mass is 411 g/mol. The van der Waals surface area contributed by atoms with Crippen LogP contribution in [0.2, 0.25) is 0 Å². The van der Waals surface area contributed by atoms with Crippen LogP contribution in [0.3, 0.4) is 0 Å². The van der Waals surface area contributed by atoms with Gasteiger partial charge in [0.2, 0.25) is 11.7 Å². The van der Waals surface area contributed by atoms with Crippen LogP contribution in [0.5, 0.6) is 0 Å². The first-order valence-electron chi connectivity index (χ1n) is 9.78. The van der Waals surface area contributed by atoms with Crippen molar-refractivity contribution in [3.63, 3.8) is 0 Å². The van der Waals surface area contributed by atoms with E-state index in [9.17, 15) is 31.1 Å². The zero-order valence-electron chi connectivity index (χ0n) is 17.9. The lowest BCUT2D eigenvalue weighted by Gasteiger charge is -2.29. The Morgan fingerprint density at radius 3 is 2.57 bits per heavy atom. The van der Waals surface area contributed by atoms with Crippen LogP contribution in [0.15, 0.2) is 12.1 Å². The highest BCUT2D eigenvalue weighted by atomic mass is 19.4. The maximum absolute atomic E-state index is 13.8. The molecule has 1 amide bonds. The number of carbonyl (C=O) groups excluding carboxylic acids is 1. The molecule has 1 aliphatic rings. The summed E-state index contributed by atoms with van der Waals surface area (Å²) in [4.78, 5) is 12.8. The molecule has 1 aromatic heterocycles. The Labute approximate surface area is 160 Å². The molecule has 0 aliphatic carbocycles. The first-order chi connectivity index (χ1) is 14.6. The van der Waals surface area contributed by atoms with Crippen molar-refractivity contribution >= 4 is 5.91 Å². The number of nitrogens with zero attached hydrogens (tertiary/aromatic N) is 4. The van der Waals surface area contributed by atoms with Crippen molar-refractivity contribution in [3.05, 3.63) is 46.8 Å². The molecule has 152 valence electrons. The van der Waals surface area contributed by atoms with Gasteiger partial charge in [0, 0.05) is 31.6 Å². The Balaban J connectivity index is 1.86. The lowest BCUT2D eigenvalue weighted by molar-refractivity contribution is -0.148. The molecular formula is C16H15F6N5O. The summed E-state index contributed by atoms with van der Waals surface area (Å²) in [6.07, 6.45) is -6.30. The van der Waals surface area contributed by atoms with Gasteiger partial charge in [-0.2, -0.15) is 13.2 Å². The summed E-state index contributed by atoms with van der Waals surface area (Å²) >= 11 is 0. The van der Waals surface area contributed by atoms with Crippen molar-refractivity contribution in [1.29, 1.82) is 0 Å². The molecule has 2 N–H and O–H groups in total. The summed E-state index contributed by atoms with van der Waals surface area (Å²) in [6.45, 7) is -7.19. The third kappa shape index (κ3) is 4.11. The average molecular weight is 411 g/mol. The molecule has 0 unspecified atom stereocenters. The maximum atomic E-state index is 13.8. The molecule has 0 saturated carbocycles. The zero-order chi connectivity index (χ0) is 24.2. The number of hydrogen-bond acceptors (Lipinski definition) is 4. The van der Waals surface area contributed by atoms with Crippen molar-refractivity contribution in [2.45, 2.75) is 38.1 Å². The third-order valence-electron chi connectivity index (χ3n) is 3.86. The normalized spacial score (nSPS) is 21.2. The number of halogens is 6. The number of carbonyl (C=O) groups is 1. The highest BCUT2D eigenvalue weighted by Crippen LogP contribution is 2.29. The van der Waals surface area contributed by atoms with Crippen LogP contribution in [-0.2, 0) is 30.4 Å². The third-order valence-corrected chi connectivity index (χ3v) is 3.86. The Kier molecular flexibility index (Phi) is 4.05. The first kappa shape index (κ1) is 15.3. The fourth-order valence-corrected chi connectivity index (χ4v) is 2.57. The molecule has 0 fully saturated rings. The topological polar surface area (TPSA) is 77.0 Å². The second-order valence-corrected chi connectivity index (χ2v) is 5.96. The predicted octanol–water partition coefficient (Wildman–Crippen LogP) is 2.02. The molecule has 2 aromatic rings. The number of fused-ring (bicyclic) bond motifs is 1. The van der Waals surface area contributed by atoms with E-state index in [1.165, 1.54) is 0 Å². The lowest BCUT2D eigenvalue weighted by Crippen LogP contribution is -2.42. The molecule has 1 atom stereocenters. The van der Waals surface area contributed by atoms with Crippen LogP contribution in [0.25, 0.3) is 0 Å². The Morgan fingerprint density at radius 2 is 1.89 bits per heavy atom. The van der Waals surface area contributed by atoms with Gasteiger partial charge in [0.05, 0.1) is 12.0 Å².